The van der Waals surface area contributed by atoms with E-state index < -0.39 is 0 Å². The molecule has 258 valence electrons. The van der Waals surface area contributed by atoms with Crippen molar-refractivity contribution in [3.63, 3.8) is 0 Å². The molecule has 0 N–H and O–H groups in total. The molecule has 0 aliphatic heterocycles. The minimum atomic E-state index is 0.577. The predicted molar refractivity (Wildman–Crippen MR) is 223 cm³/mol. The largest absolute Gasteiger partial charge is 0.456 e. The van der Waals surface area contributed by atoms with Crippen molar-refractivity contribution < 1.29 is 4.42 Å². The maximum Gasteiger partial charge on any atom is 0.164 e. The average molecular weight is 705 g/mol. The quantitative estimate of drug-likeness (QED) is 0.165. The van der Waals surface area contributed by atoms with Crippen LogP contribution in [0.3, 0.4) is 0 Å². The van der Waals surface area contributed by atoms with Gasteiger partial charge in [0.1, 0.15) is 11.2 Å². The maximum atomic E-state index is 6.53. The van der Waals surface area contributed by atoms with Crippen molar-refractivity contribution in [2.45, 2.75) is 0 Å². The molecular formula is C50H32N4O. The Balaban J connectivity index is 1.06. The van der Waals surface area contributed by atoms with E-state index in [2.05, 4.69) is 145 Å². The van der Waals surface area contributed by atoms with Crippen molar-refractivity contribution in [1.82, 2.24) is 19.9 Å². The summed E-state index contributed by atoms with van der Waals surface area (Å²) in [6, 6.07) is 62.7. The lowest BCUT2D eigenvalue weighted by Gasteiger charge is -2.10. The lowest BCUT2D eigenvalue weighted by atomic mass is 9.97. The third-order valence-corrected chi connectivity index (χ3v) is 10.1. The Labute approximate surface area is 318 Å². The zero-order valence-electron chi connectivity index (χ0n) is 29.7. The van der Waals surface area contributed by atoms with Crippen LogP contribution in [0.1, 0.15) is 0 Å². The second-order valence-electron chi connectivity index (χ2n) is 13.5. The standard InChI is InChI=1S/C50H32N4O/c1-3-8-33(9-4-1)35-16-22-40(23-17-35)48-52-49(41-24-18-36(19-25-41)34-10-5-2-6-11-34)54-50(53-48)42-26-27-44-46(32-42)55-45-13-7-12-43(47(44)45)39-20-14-37(15-21-39)38-28-30-51-31-29-38/h1-32H. The Kier molecular flexibility index (Phi) is 8.08. The first kappa shape index (κ1) is 32.2. The van der Waals surface area contributed by atoms with E-state index in [-0.39, 0.29) is 0 Å². The number of rotatable bonds is 7. The molecule has 0 amide bonds. The van der Waals surface area contributed by atoms with E-state index in [1.165, 1.54) is 0 Å². The van der Waals surface area contributed by atoms with E-state index >= 15 is 0 Å². The van der Waals surface area contributed by atoms with E-state index in [4.69, 9.17) is 19.4 Å². The molecule has 0 spiro atoms. The van der Waals surface area contributed by atoms with Crippen LogP contribution in [0.4, 0.5) is 0 Å². The fraction of sp³-hybridized carbons (Fsp3) is 0. The average Bonchev–Trinajstić information content (AvgIpc) is 3.66. The molecule has 5 nitrogen and oxygen atoms in total. The van der Waals surface area contributed by atoms with Crippen LogP contribution in [0.25, 0.3) is 101 Å². The molecule has 7 aromatic carbocycles. The molecule has 0 aliphatic carbocycles. The highest BCUT2D eigenvalue weighted by atomic mass is 16.3. The van der Waals surface area contributed by atoms with Crippen LogP contribution in [0.5, 0.6) is 0 Å². The van der Waals surface area contributed by atoms with Crippen LogP contribution in [-0.2, 0) is 0 Å². The summed E-state index contributed by atoms with van der Waals surface area (Å²) >= 11 is 0. The van der Waals surface area contributed by atoms with Gasteiger partial charge in [0.15, 0.2) is 17.5 Å². The van der Waals surface area contributed by atoms with Gasteiger partial charge in [0.05, 0.1) is 0 Å². The van der Waals surface area contributed by atoms with Crippen molar-refractivity contribution in [2.75, 3.05) is 0 Å². The van der Waals surface area contributed by atoms with Gasteiger partial charge in [0.25, 0.3) is 0 Å². The van der Waals surface area contributed by atoms with Crippen LogP contribution in [0, 0.1) is 0 Å². The molecule has 3 aromatic heterocycles. The molecule has 0 atom stereocenters. The molecule has 0 radical (unpaired) electrons. The number of hydrogen-bond donors (Lipinski definition) is 0. The summed E-state index contributed by atoms with van der Waals surface area (Å²) in [5, 5.41) is 2.12. The monoisotopic (exact) mass is 704 g/mol. The minimum Gasteiger partial charge on any atom is -0.456 e. The highest BCUT2D eigenvalue weighted by molar-refractivity contribution is 6.13. The van der Waals surface area contributed by atoms with Gasteiger partial charge in [-0.15, -0.1) is 0 Å². The zero-order valence-corrected chi connectivity index (χ0v) is 29.7. The third kappa shape index (κ3) is 6.24. The molecule has 55 heavy (non-hydrogen) atoms. The predicted octanol–water partition coefficient (Wildman–Crippen LogP) is 12.8. The molecule has 0 saturated carbocycles. The Hall–Kier alpha value is -7.50. The van der Waals surface area contributed by atoms with Crippen LogP contribution in [0.15, 0.2) is 199 Å². The summed E-state index contributed by atoms with van der Waals surface area (Å²) in [5.74, 6) is 1.79. The highest BCUT2D eigenvalue weighted by Crippen LogP contribution is 2.39. The fourth-order valence-electron chi connectivity index (χ4n) is 7.24. The van der Waals surface area contributed by atoms with E-state index in [0.29, 0.717) is 17.5 Å². The molecule has 3 heterocycles. The Morgan fingerprint density at radius 3 is 1.29 bits per heavy atom. The van der Waals surface area contributed by atoms with Gasteiger partial charge in [-0.3, -0.25) is 4.98 Å². The first-order valence-electron chi connectivity index (χ1n) is 18.3. The van der Waals surface area contributed by atoms with Gasteiger partial charge in [-0.05, 0) is 74.8 Å². The lowest BCUT2D eigenvalue weighted by Crippen LogP contribution is -2.00. The van der Waals surface area contributed by atoms with E-state index in [1.54, 1.807) is 0 Å². The van der Waals surface area contributed by atoms with Crippen LogP contribution >= 0.6 is 0 Å². The Morgan fingerprint density at radius 2 is 0.745 bits per heavy atom. The van der Waals surface area contributed by atoms with Gasteiger partial charge < -0.3 is 4.42 Å². The molecule has 0 unspecified atom stereocenters. The first-order valence-corrected chi connectivity index (χ1v) is 18.3. The SMILES string of the molecule is c1ccc(-c2ccc(-c3nc(-c4ccc(-c5ccccc5)cc4)nc(-c4ccc5c(c4)oc4cccc(-c6ccc(-c7ccncc7)cc6)c45)n3)cc2)cc1. The summed E-state index contributed by atoms with van der Waals surface area (Å²) in [6.07, 6.45) is 3.64. The zero-order chi connectivity index (χ0) is 36.6. The molecule has 0 bridgehead atoms. The number of hydrogen-bond acceptors (Lipinski definition) is 5. The molecule has 0 aliphatic rings. The summed E-state index contributed by atoms with van der Waals surface area (Å²) in [6.45, 7) is 0. The summed E-state index contributed by atoms with van der Waals surface area (Å²) in [7, 11) is 0. The number of benzene rings is 7. The van der Waals surface area contributed by atoms with Crippen molar-refractivity contribution in [3.05, 3.63) is 194 Å². The minimum absolute atomic E-state index is 0.577. The first-order chi connectivity index (χ1) is 27.2. The third-order valence-electron chi connectivity index (χ3n) is 10.1. The second kappa shape index (κ2) is 13.8. The van der Waals surface area contributed by atoms with Crippen molar-refractivity contribution in [2.24, 2.45) is 0 Å². The van der Waals surface area contributed by atoms with Gasteiger partial charge in [-0.1, -0.05) is 152 Å². The van der Waals surface area contributed by atoms with Crippen molar-refractivity contribution in [3.8, 4) is 78.7 Å². The van der Waals surface area contributed by atoms with Gasteiger partial charge >= 0.3 is 0 Å². The van der Waals surface area contributed by atoms with Gasteiger partial charge in [-0.2, -0.15) is 0 Å². The van der Waals surface area contributed by atoms with E-state index in [9.17, 15) is 0 Å². The molecule has 10 aromatic rings. The lowest BCUT2D eigenvalue weighted by molar-refractivity contribution is 0.669. The number of nitrogens with zero attached hydrogens (tertiary/aromatic N) is 4. The molecule has 5 heteroatoms. The number of fused-ring (bicyclic) bond motifs is 3. The Morgan fingerprint density at radius 1 is 0.309 bits per heavy atom. The molecule has 0 saturated heterocycles. The number of furan rings is 1. The second-order valence-corrected chi connectivity index (χ2v) is 13.5. The van der Waals surface area contributed by atoms with Crippen molar-refractivity contribution in [1.29, 1.82) is 0 Å². The smallest absolute Gasteiger partial charge is 0.164 e. The molecule has 10 rings (SSSR count). The summed E-state index contributed by atoms with van der Waals surface area (Å²) in [5.41, 5.74) is 13.4. The van der Waals surface area contributed by atoms with Crippen LogP contribution < -0.4 is 0 Å². The Bertz CT molecular complexity index is 2820. The topological polar surface area (TPSA) is 64.7 Å². The molecular weight excluding hydrogens is 673 g/mol. The summed E-state index contributed by atoms with van der Waals surface area (Å²) < 4.78 is 6.53. The molecule has 0 fully saturated rings. The summed E-state index contributed by atoms with van der Waals surface area (Å²) in [4.78, 5) is 19.3. The normalized spacial score (nSPS) is 11.3. The van der Waals surface area contributed by atoms with Crippen LogP contribution in [-0.4, -0.2) is 19.9 Å². The van der Waals surface area contributed by atoms with Gasteiger partial charge in [0.2, 0.25) is 0 Å². The fourth-order valence-corrected chi connectivity index (χ4v) is 7.24. The number of pyridine rings is 1. The van der Waals surface area contributed by atoms with Gasteiger partial charge in [-0.25, -0.2) is 15.0 Å². The van der Waals surface area contributed by atoms with E-state index in [0.717, 1.165) is 83.1 Å². The van der Waals surface area contributed by atoms with Crippen LogP contribution in [0.2, 0.25) is 0 Å². The highest BCUT2D eigenvalue weighted by Gasteiger charge is 2.17. The maximum absolute atomic E-state index is 6.53. The van der Waals surface area contributed by atoms with Gasteiger partial charge in [0, 0.05) is 39.9 Å². The van der Waals surface area contributed by atoms with E-state index in [1.807, 2.05) is 54.9 Å². The number of aromatic nitrogens is 4. The van der Waals surface area contributed by atoms with Crippen molar-refractivity contribution >= 4 is 21.9 Å².